The smallest absolute Gasteiger partial charge is 0.203 e. The highest BCUT2D eigenvalue weighted by Crippen LogP contribution is 2.29. The molecule has 6 nitrogen and oxygen atoms in total. The van der Waals surface area contributed by atoms with E-state index in [4.69, 9.17) is 4.74 Å². The van der Waals surface area contributed by atoms with E-state index in [2.05, 4.69) is 15.4 Å². The average molecular weight is 198 g/mol. The molecule has 1 fully saturated rings. The predicted molar refractivity (Wildman–Crippen MR) is 47.3 cm³/mol. The molecule has 14 heavy (non-hydrogen) atoms. The number of aliphatic hydroxyl groups is 1. The van der Waals surface area contributed by atoms with Crippen molar-refractivity contribution in [3.63, 3.8) is 0 Å². The predicted octanol–water partition coefficient (Wildman–Crippen LogP) is -0.332. The van der Waals surface area contributed by atoms with Crippen molar-refractivity contribution in [3.05, 3.63) is 5.82 Å². The van der Waals surface area contributed by atoms with Crippen LogP contribution in [0.1, 0.15) is 25.3 Å². The summed E-state index contributed by atoms with van der Waals surface area (Å²) in [6.07, 6.45) is 0.402. The van der Waals surface area contributed by atoms with Gasteiger partial charge in [-0.25, -0.2) is 0 Å². The summed E-state index contributed by atoms with van der Waals surface area (Å²) < 4.78 is 5.37. The minimum Gasteiger partial charge on any atom is -0.385 e. The fraction of sp³-hybridized carbons (Fsp3) is 0.875. The van der Waals surface area contributed by atoms with Crippen LogP contribution < -0.4 is 0 Å². The molecule has 0 radical (unpaired) electrons. The Bertz CT molecular complexity index is 314. The third-order valence-electron chi connectivity index (χ3n) is 2.46. The summed E-state index contributed by atoms with van der Waals surface area (Å²) in [5, 5.41) is 21.3. The van der Waals surface area contributed by atoms with E-state index in [9.17, 15) is 5.11 Å². The minimum absolute atomic E-state index is 0.0919. The molecule has 6 heteroatoms. The van der Waals surface area contributed by atoms with Crippen molar-refractivity contribution in [2.45, 2.75) is 25.6 Å². The number of rotatable bonds is 2. The highest BCUT2D eigenvalue weighted by atomic mass is 16.5. The molecule has 3 unspecified atom stereocenters. The second kappa shape index (κ2) is 3.62. The van der Waals surface area contributed by atoms with E-state index in [1.807, 2.05) is 6.92 Å². The fourth-order valence-corrected chi connectivity index (χ4v) is 1.70. The summed E-state index contributed by atoms with van der Waals surface area (Å²) in [5.41, 5.74) is 0. The summed E-state index contributed by atoms with van der Waals surface area (Å²) in [6.45, 7) is 2.57. The van der Waals surface area contributed by atoms with Crippen molar-refractivity contribution in [1.29, 1.82) is 0 Å². The zero-order valence-corrected chi connectivity index (χ0v) is 8.29. The lowest BCUT2D eigenvalue weighted by Gasteiger charge is -2.11. The quantitative estimate of drug-likeness (QED) is 0.704. The Balaban J connectivity index is 2.05. The van der Waals surface area contributed by atoms with Crippen LogP contribution in [-0.2, 0) is 11.8 Å². The van der Waals surface area contributed by atoms with E-state index in [1.54, 1.807) is 7.05 Å². The molecule has 0 bridgehead atoms. The van der Waals surface area contributed by atoms with Crippen LogP contribution in [0.5, 0.6) is 0 Å². The summed E-state index contributed by atoms with van der Waals surface area (Å²) in [7, 11) is 1.68. The lowest BCUT2D eigenvalue weighted by molar-refractivity contribution is 0.0753. The van der Waals surface area contributed by atoms with Crippen LogP contribution in [0.25, 0.3) is 0 Å². The first kappa shape index (κ1) is 9.54. The van der Waals surface area contributed by atoms with Crippen molar-refractivity contribution in [2.24, 2.45) is 13.0 Å². The molecule has 0 aromatic carbocycles. The number of aliphatic hydroxyl groups excluding tert-OH is 1. The van der Waals surface area contributed by atoms with Crippen molar-refractivity contribution >= 4 is 0 Å². The number of aryl methyl sites for hydroxylation is 1. The van der Waals surface area contributed by atoms with Crippen molar-refractivity contribution in [3.8, 4) is 0 Å². The third-order valence-corrected chi connectivity index (χ3v) is 2.46. The van der Waals surface area contributed by atoms with Gasteiger partial charge < -0.3 is 9.84 Å². The van der Waals surface area contributed by atoms with Gasteiger partial charge in [0.15, 0.2) is 0 Å². The van der Waals surface area contributed by atoms with Gasteiger partial charge in [-0.3, -0.25) is 0 Å². The Morgan fingerprint density at radius 3 is 2.93 bits per heavy atom. The molecular formula is C8H14N4O2. The first-order valence-electron chi connectivity index (χ1n) is 4.70. The monoisotopic (exact) mass is 198 g/mol. The molecule has 0 spiro atoms. The van der Waals surface area contributed by atoms with Crippen molar-refractivity contribution in [1.82, 2.24) is 20.2 Å². The van der Waals surface area contributed by atoms with Gasteiger partial charge in [-0.15, -0.1) is 10.2 Å². The van der Waals surface area contributed by atoms with Gasteiger partial charge in [-0.05, 0) is 18.6 Å². The lowest BCUT2D eigenvalue weighted by Crippen LogP contribution is -2.14. The lowest BCUT2D eigenvalue weighted by atomic mass is 9.99. The summed E-state index contributed by atoms with van der Waals surface area (Å²) in [6, 6.07) is 0. The SMILES string of the molecule is CC1CC(C(O)c2nnn(C)n2)CO1. The number of hydrogen-bond acceptors (Lipinski definition) is 5. The van der Waals surface area contributed by atoms with E-state index in [-0.39, 0.29) is 12.0 Å². The highest BCUT2D eigenvalue weighted by molar-refractivity contribution is 4.90. The highest BCUT2D eigenvalue weighted by Gasteiger charge is 2.31. The average Bonchev–Trinajstić information content (AvgIpc) is 2.73. The van der Waals surface area contributed by atoms with Crippen LogP contribution in [-0.4, -0.2) is 38.0 Å². The van der Waals surface area contributed by atoms with Gasteiger partial charge in [0.05, 0.1) is 19.8 Å². The summed E-state index contributed by atoms with van der Waals surface area (Å²) in [4.78, 5) is 1.35. The Hall–Kier alpha value is -1.01. The summed E-state index contributed by atoms with van der Waals surface area (Å²) >= 11 is 0. The zero-order valence-electron chi connectivity index (χ0n) is 8.29. The number of aromatic nitrogens is 4. The van der Waals surface area contributed by atoms with Crippen molar-refractivity contribution in [2.75, 3.05) is 6.61 Å². The third kappa shape index (κ3) is 1.76. The van der Waals surface area contributed by atoms with Gasteiger partial charge in [-0.1, -0.05) is 0 Å². The standard InChI is InChI=1S/C8H14N4O2/c1-5-3-6(4-14-5)7(13)8-9-11-12(2)10-8/h5-7,13H,3-4H2,1-2H3. The van der Waals surface area contributed by atoms with Gasteiger partial charge >= 0.3 is 0 Å². The number of nitrogens with zero attached hydrogens (tertiary/aromatic N) is 4. The molecule has 0 aliphatic carbocycles. The largest absolute Gasteiger partial charge is 0.385 e. The van der Waals surface area contributed by atoms with Crippen LogP contribution in [0.3, 0.4) is 0 Å². The summed E-state index contributed by atoms with van der Waals surface area (Å²) in [5.74, 6) is 0.476. The maximum atomic E-state index is 9.89. The molecular weight excluding hydrogens is 184 g/mol. The fourth-order valence-electron chi connectivity index (χ4n) is 1.70. The minimum atomic E-state index is -0.659. The molecule has 3 atom stereocenters. The molecule has 2 rings (SSSR count). The molecule has 1 aromatic rings. The van der Waals surface area contributed by atoms with Gasteiger partial charge in [0.1, 0.15) is 6.10 Å². The Morgan fingerprint density at radius 1 is 1.64 bits per heavy atom. The number of tetrazole rings is 1. The molecule has 78 valence electrons. The molecule has 1 saturated heterocycles. The second-order valence-electron chi connectivity index (χ2n) is 3.72. The Labute approximate surface area is 81.9 Å². The molecule has 1 aliphatic rings. The van der Waals surface area contributed by atoms with Crippen LogP contribution in [0.4, 0.5) is 0 Å². The van der Waals surface area contributed by atoms with Gasteiger partial charge in [0, 0.05) is 5.92 Å². The maximum Gasteiger partial charge on any atom is 0.203 e. The Morgan fingerprint density at radius 2 is 2.43 bits per heavy atom. The Kier molecular flexibility index (Phi) is 2.47. The first-order chi connectivity index (χ1) is 6.66. The van der Waals surface area contributed by atoms with E-state index in [1.165, 1.54) is 4.80 Å². The number of hydrogen-bond donors (Lipinski definition) is 1. The van der Waals surface area contributed by atoms with Crippen LogP contribution in [0.2, 0.25) is 0 Å². The van der Waals surface area contributed by atoms with E-state index in [0.29, 0.717) is 12.4 Å². The molecule has 1 aliphatic heterocycles. The molecule has 0 amide bonds. The molecule has 1 N–H and O–H groups in total. The zero-order chi connectivity index (χ0) is 10.1. The topological polar surface area (TPSA) is 73.1 Å². The van der Waals surface area contributed by atoms with E-state index < -0.39 is 6.10 Å². The van der Waals surface area contributed by atoms with Gasteiger partial charge in [-0.2, -0.15) is 4.80 Å². The van der Waals surface area contributed by atoms with Crippen LogP contribution >= 0.6 is 0 Å². The molecule has 2 heterocycles. The maximum absolute atomic E-state index is 9.89. The normalized spacial score (nSPS) is 29.4. The van der Waals surface area contributed by atoms with Gasteiger partial charge in [0.25, 0.3) is 0 Å². The van der Waals surface area contributed by atoms with Crippen LogP contribution in [0.15, 0.2) is 0 Å². The first-order valence-corrected chi connectivity index (χ1v) is 4.70. The second-order valence-corrected chi connectivity index (χ2v) is 3.72. The molecule has 0 saturated carbocycles. The number of ether oxygens (including phenoxy) is 1. The van der Waals surface area contributed by atoms with E-state index in [0.717, 1.165) is 6.42 Å². The molecule has 1 aromatic heterocycles. The van der Waals surface area contributed by atoms with Crippen molar-refractivity contribution < 1.29 is 9.84 Å². The van der Waals surface area contributed by atoms with Gasteiger partial charge in [0.2, 0.25) is 5.82 Å². The van der Waals surface area contributed by atoms with E-state index >= 15 is 0 Å². The van der Waals surface area contributed by atoms with Crippen LogP contribution in [0, 0.1) is 5.92 Å².